The van der Waals surface area contributed by atoms with Crippen molar-refractivity contribution in [1.29, 1.82) is 0 Å². The molecular formula is C14H19NO3S. The van der Waals surface area contributed by atoms with Crippen LogP contribution >= 0.6 is 11.3 Å². The zero-order chi connectivity index (χ0) is 13.7. The number of carbonyl (C=O) groups is 2. The van der Waals surface area contributed by atoms with E-state index < -0.39 is 11.9 Å². The maximum Gasteiger partial charge on any atom is 0.308 e. The second-order valence-electron chi connectivity index (χ2n) is 5.03. The van der Waals surface area contributed by atoms with Crippen molar-refractivity contribution in [2.75, 3.05) is 0 Å². The summed E-state index contributed by atoms with van der Waals surface area (Å²) in [7, 11) is 0. The Bertz CT molecular complexity index is 430. The Kier molecular flexibility index (Phi) is 4.96. The van der Waals surface area contributed by atoms with Crippen LogP contribution in [0.15, 0.2) is 16.8 Å². The lowest BCUT2D eigenvalue weighted by atomic mass is 9.86. The molecule has 0 saturated heterocycles. The smallest absolute Gasteiger partial charge is 0.308 e. The lowest BCUT2D eigenvalue weighted by molar-refractivity contribution is -0.143. The van der Waals surface area contributed by atoms with Crippen LogP contribution in [0.3, 0.4) is 0 Å². The molecule has 1 heterocycles. The average Bonchev–Trinajstić information content (AvgIpc) is 2.85. The molecule has 0 aliphatic heterocycles. The fraction of sp³-hybridized carbons (Fsp3) is 0.571. The molecule has 19 heavy (non-hydrogen) atoms. The van der Waals surface area contributed by atoms with Gasteiger partial charge in [-0.25, -0.2) is 0 Å². The van der Waals surface area contributed by atoms with Crippen LogP contribution < -0.4 is 5.32 Å². The van der Waals surface area contributed by atoms with Crippen LogP contribution in [0.5, 0.6) is 0 Å². The molecule has 2 atom stereocenters. The summed E-state index contributed by atoms with van der Waals surface area (Å²) in [5.74, 6) is -1.40. The number of carboxylic acid groups (broad SMARTS) is 1. The Morgan fingerprint density at radius 3 is 2.58 bits per heavy atom. The Hall–Kier alpha value is -1.36. The van der Waals surface area contributed by atoms with Gasteiger partial charge in [-0.3, -0.25) is 9.59 Å². The van der Waals surface area contributed by atoms with E-state index in [-0.39, 0.29) is 11.9 Å². The third-order valence-corrected chi connectivity index (χ3v) is 4.37. The maximum atomic E-state index is 12.0. The molecule has 104 valence electrons. The summed E-state index contributed by atoms with van der Waals surface area (Å²) in [6.07, 6.45) is 5.54. The molecule has 0 bridgehead atoms. The quantitative estimate of drug-likeness (QED) is 0.895. The van der Waals surface area contributed by atoms with Crippen molar-refractivity contribution in [2.24, 2.45) is 5.92 Å². The molecule has 1 aliphatic rings. The van der Waals surface area contributed by atoms with Gasteiger partial charge >= 0.3 is 5.97 Å². The monoisotopic (exact) mass is 281 g/mol. The van der Waals surface area contributed by atoms with Crippen molar-refractivity contribution >= 4 is 23.2 Å². The van der Waals surface area contributed by atoms with E-state index in [0.717, 1.165) is 32.1 Å². The zero-order valence-corrected chi connectivity index (χ0v) is 11.6. The van der Waals surface area contributed by atoms with E-state index in [4.69, 9.17) is 0 Å². The number of carbonyl (C=O) groups excluding carboxylic acids is 1. The van der Waals surface area contributed by atoms with Crippen molar-refractivity contribution < 1.29 is 14.7 Å². The van der Waals surface area contributed by atoms with Crippen LogP contribution in [0.1, 0.15) is 48.9 Å². The van der Waals surface area contributed by atoms with Gasteiger partial charge in [0, 0.05) is 17.0 Å². The van der Waals surface area contributed by atoms with Gasteiger partial charge in [0.1, 0.15) is 0 Å². The first-order valence-electron chi connectivity index (χ1n) is 6.74. The number of carboxylic acids is 1. The molecule has 2 rings (SSSR count). The normalized spacial score (nSPS) is 24.2. The number of thiophene rings is 1. The number of rotatable bonds is 3. The third kappa shape index (κ3) is 3.80. The molecule has 1 aliphatic carbocycles. The number of amides is 1. The van der Waals surface area contributed by atoms with Gasteiger partial charge in [0.05, 0.1) is 5.92 Å². The molecule has 1 amide bonds. The minimum Gasteiger partial charge on any atom is -0.481 e. The van der Waals surface area contributed by atoms with E-state index in [1.165, 1.54) is 11.3 Å². The molecule has 1 aromatic heterocycles. The Morgan fingerprint density at radius 2 is 1.95 bits per heavy atom. The van der Waals surface area contributed by atoms with E-state index in [1.54, 1.807) is 11.4 Å². The summed E-state index contributed by atoms with van der Waals surface area (Å²) in [6, 6.07) is 1.52. The Balaban J connectivity index is 2.04. The molecule has 0 spiro atoms. The van der Waals surface area contributed by atoms with Gasteiger partial charge < -0.3 is 10.4 Å². The number of hydrogen-bond donors (Lipinski definition) is 2. The minimum absolute atomic E-state index is 0.155. The first-order chi connectivity index (χ1) is 9.18. The predicted molar refractivity (Wildman–Crippen MR) is 74.4 cm³/mol. The fourth-order valence-electron chi connectivity index (χ4n) is 2.60. The van der Waals surface area contributed by atoms with Crippen LogP contribution in [-0.2, 0) is 4.79 Å². The molecule has 1 aromatic rings. The topological polar surface area (TPSA) is 66.4 Å². The predicted octanol–water partition coefficient (Wildman–Crippen LogP) is 2.90. The molecule has 2 N–H and O–H groups in total. The summed E-state index contributed by atoms with van der Waals surface area (Å²) in [5, 5.41) is 15.9. The minimum atomic E-state index is -0.794. The Morgan fingerprint density at radius 1 is 1.21 bits per heavy atom. The van der Waals surface area contributed by atoms with Gasteiger partial charge in [-0.1, -0.05) is 25.7 Å². The highest BCUT2D eigenvalue weighted by atomic mass is 32.1. The van der Waals surface area contributed by atoms with E-state index in [1.807, 2.05) is 5.38 Å². The standard InChI is InChI=1S/C14H19NO3S/c16-13(10-7-8-19-9-10)15-12-6-4-2-1-3-5-11(12)14(17)18/h7-9,11-12H,1-6H2,(H,15,16)(H,17,18). The highest BCUT2D eigenvalue weighted by Gasteiger charge is 2.30. The first-order valence-corrected chi connectivity index (χ1v) is 7.68. The van der Waals surface area contributed by atoms with Crippen molar-refractivity contribution in [1.82, 2.24) is 5.32 Å². The van der Waals surface area contributed by atoms with E-state index >= 15 is 0 Å². The summed E-state index contributed by atoms with van der Waals surface area (Å²) < 4.78 is 0. The van der Waals surface area contributed by atoms with Gasteiger partial charge in [-0.2, -0.15) is 11.3 Å². The molecular weight excluding hydrogens is 262 g/mol. The molecule has 0 radical (unpaired) electrons. The van der Waals surface area contributed by atoms with Gasteiger partial charge in [-0.05, 0) is 24.3 Å². The molecule has 1 fully saturated rings. The largest absolute Gasteiger partial charge is 0.481 e. The van der Waals surface area contributed by atoms with Crippen molar-refractivity contribution in [3.05, 3.63) is 22.4 Å². The molecule has 2 unspecified atom stereocenters. The van der Waals surface area contributed by atoms with Gasteiger partial charge in [-0.15, -0.1) is 0 Å². The van der Waals surface area contributed by atoms with Crippen LogP contribution in [0.25, 0.3) is 0 Å². The van der Waals surface area contributed by atoms with Crippen LogP contribution in [-0.4, -0.2) is 23.0 Å². The molecule has 0 aromatic carbocycles. The second-order valence-corrected chi connectivity index (χ2v) is 5.81. The first kappa shape index (κ1) is 14.1. The van der Waals surface area contributed by atoms with Gasteiger partial charge in [0.15, 0.2) is 0 Å². The fourth-order valence-corrected chi connectivity index (χ4v) is 3.23. The lowest BCUT2D eigenvalue weighted by Gasteiger charge is -2.27. The Labute approximate surface area is 116 Å². The summed E-state index contributed by atoms with van der Waals surface area (Å²) >= 11 is 1.47. The van der Waals surface area contributed by atoms with E-state index in [2.05, 4.69) is 5.32 Å². The lowest BCUT2D eigenvalue weighted by Crippen LogP contribution is -2.43. The van der Waals surface area contributed by atoms with Crippen LogP contribution in [0.2, 0.25) is 0 Å². The molecule has 1 saturated carbocycles. The number of nitrogens with one attached hydrogen (secondary N) is 1. The third-order valence-electron chi connectivity index (χ3n) is 3.68. The zero-order valence-electron chi connectivity index (χ0n) is 10.8. The summed E-state index contributed by atoms with van der Waals surface area (Å²) in [4.78, 5) is 23.4. The SMILES string of the molecule is O=C(NC1CCCCCCC1C(=O)O)c1ccsc1. The van der Waals surface area contributed by atoms with Crippen LogP contribution in [0, 0.1) is 5.92 Å². The highest BCUT2D eigenvalue weighted by molar-refractivity contribution is 7.08. The van der Waals surface area contributed by atoms with Crippen LogP contribution in [0.4, 0.5) is 0 Å². The highest BCUT2D eigenvalue weighted by Crippen LogP contribution is 2.23. The van der Waals surface area contributed by atoms with Crippen molar-refractivity contribution in [3.8, 4) is 0 Å². The van der Waals surface area contributed by atoms with Gasteiger partial charge in [0.2, 0.25) is 0 Å². The average molecular weight is 281 g/mol. The second kappa shape index (κ2) is 6.70. The van der Waals surface area contributed by atoms with Crippen molar-refractivity contribution in [2.45, 2.75) is 44.6 Å². The number of aliphatic carboxylic acids is 1. The summed E-state index contributed by atoms with van der Waals surface area (Å²) in [5.41, 5.74) is 0.621. The van der Waals surface area contributed by atoms with E-state index in [0.29, 0.717) is 12.0 Å². The summed E-state index contributed by atoms with van der Waals surface area (Å²) in [6.45, 7) is 0. The molecule has 4 nitrogen and oxygen atoms in total. The molecule has 5 heteroatoms. The number of hydrogen-bond acceptors (Lipinski definition) is 3. The maximum absolute atomic E-state index is 12.0. The van der Waals surface area contributed by atoms with Crippen molar-refractivity contribution in [3.63, 3.8) is 0 Å². The van der Waals surface area contributed by atoms with E-state index in [9.17, 15) is 14.7 Å². The van der Waals surface area contributed by atoms with Gasteiger partial charge in [0.25, 0.3) is 5.91 Å².